The third-order valence-corrected chi connectivity index (χ3v) is 5.40. The lowest BCUT2D eigenvalue weighted by Crippen LogP contribution is -2.36. The molecule has 1 aliphatic heterocycles. The molecular formula is C17H22N4O2S. The standard InChI is InChI=1S/C17H22N4O2S/c1-12-19-15(11-24-12)10-23-9-13-6-20(17(22)14-2-3-14)8-16-4-5-18-21(16)7-13/h4-5,11,13-14H,2-3,6-10H2,1H3. The first-order valence-electron chi connectivity index (χ1n) is 8.47. The number of carbonyl (C=O) groups excluding carboxylic acids is 1. The van der Waals surface area contributed by atoms with Gasteiger partial charge in [-0.25, -0.2) is 4.98 Å². The minimum atomic E-state index is 0.249. The summed E-state index contributed by atoms with van der Waals surface area (Å²) in [5, 5.41) is 7.50. The second-order valence-electron chi connectivity index (χ2n) is 6.74. The van der Waals surface area contributed by atoms with Gasteiger partial charge < -0.3 is 9.64 Å². The monoisotopic (exact) mass is 346 g/mol. The van der Waals surface area contributed by atoms with Crippen molar-refractivity contribution in [2.75, 3.05) is 13.2 Å². The summed E-state index contributed by atoms with van der Waals surface area (Å²) in [5.41, 5.74) is 2.10. The fourth-order valence-electron chi connectivity index (χ4n) is 3.20. The topological polar surface area (TPSA) is 60.2 Å². The van der Waals surface area contributed by atoms with Gasteiger partial charge in [0.15, 0.2) is 0 Å². The highest BCUT2D eigenvalue weighted by molar-refractivity contribution is 7.09. The maximum Gasteiger partial charge on any atom is 0.226 e. The number of nitrogens with zero attached hydrogens (tertiary/aromatic N) is 4. The highest BCUT2D eigenvalue weighted by atomic mass is 32.1. The van der Waals surface area contributed by atoms with E-state index in [4.69, 9.17) is 4.74 Å². The lowest BCUT2D eigenvalue weighted by molar-refractivity contribution is -0.134. The molecule has 4 rings (SSSR count). The Balaban J connectivity index is 1.40. The van der Waals surface area contributed by atoms with Gasteiger partial charge in [-0.2, -0.15) is 5.10 Å². The van der Waals surface area contributed by atoms with E-state index in [1.807, 2.05) is 34.1 Å². The van der Waals surface area contributed by atoms with Crippen molar-refractivity contribution in [2.24, 2.45) is 11.8 Å². The molecule has 2 aromatic rings. The van der Waals surface area contributed by atoms with Gasteiger partial charge in [0.05, 0.1) is 36.2 Å². The minimum absolute atomic E-state index is 0.249. The van der Waals surface area contributed by atoms with Crippen molar-refractivity contribution in [3.63, 3.8) is 0 Å². The van der Waals surface area contributed by atoms with Gasteiger partial charge in [0.2, 0.25) is 5.91 Å². The summed E-state index contributed by atoms with van der Waals surface area (Å²) in [4.78, 5) is 19.0. The lowest BCUT2D eigenvalue weighted by Gasteiger charge is -2.24. The Kier molecular flexibility index (Phi) is 4.37. The molecule has 0 N–H and O–H groups in total. The number of thiazole rings is 1. The largest absolute Gasteiger partial charge is 0.375 e. The molecule has 7 heteroatoms. The summed E-state index contributed by atoms with van der Waals surface area (Å²) >= 11 is 1.64. The first kappa shape index (κ1) is 15.8. The van der Waals surface area contributed by atoms with Crippen molar-refractivity contribution in [3.8, 4) is 0 Å². The molecule has 0 radical (unpaired) electrons. The molecule has 1 amide bonds. The smallest absolute Gasteiger partial charge is 0.226 e. The van der Waals surface area contributed by atoms with E-state index in [9.17, 15) is 4.79 Å². The maximum absolute atomic E-state index is 12.5. The number of carbonyl (C=O) groups is 1. The molecule has 1 atom stereocenters. The zero-order valence-electron chi connectivity index (χ0n) is 13.9. The van der Waals surface area contributed by atoms with Crippen molar-refractivity contribution >= 4 is 17.2 Å². The average Bonchev–Trinajstić information content (AvgIpc) is 3.25. The van der Waals surface area contributed by atoms with Crippen molar-refractivity contribution < 1.29 is 9.53 Å². The zero-order chi connectivity index (χ0) is 16.5. The van der Waals surface area contributed by atoms with Gasteiger partial charge in [0.25, 0.3) is 0 Å². The van der Waals surface area contributed by atoms with Gasteiger partial charge in [0.1, 0.15) is 0 Å². The van der Waals surface area contributed by atoms with Crippen LogP contribution in [-0.2, 0) is 29.2 Å². The SMILES string of the molecule is Cc1nc(COCC2CN(C(=O)C3CC3)Cc3ccnn3C2)cs1. The highest BCUT2D eigenvalue weighted by Crippen LogP contribution is 2.32. The fourth-order valence-corrected chi connectivity index (χ4v) is 3.80. The summed E-state index contributed by atoms with van der Waals surface area (Å²) in [6.07, 6.45) is 3.90. The molecule has 0 spiro atoms. The number of amides is 1. The number of fused-ring (bicyclic) bond motifs is 1. The Morgan fingerprint density at radius 1 is 1.42 bits per heavy atom. The van der Waals surface area contributed by atoms with E-state index in [1.54, 1.807) is 11.3 Å². The number of hydrogen-bond donors (Lipinski definition) is 0. The molecule has 1 fully saturated rings. The summed E-state index contributed by atoms with van der Waals surface area (Å²) in [5.74, 6) is 0.803. The van der Waals surface area contributed by atoms with Crippen LogP contribution in [0.2, 0.25) is 0 Å². The highest BCUT2D eigenvalue weighted by Gasteiger charge is 2.35. The molecule has 2 aromatic heterocycles. The van der Waals surface area contributed by atoms with Crippen LogP contribution >= 0.6 is 11.3 Å². The third-order valence-electron chi connectivity index (χ3n) is 4.58. The van der Waals surface area contributed by atoms with E-state index in [2.05, 4.69) is 10.1 Å². The third kappa shape index (κ3) is 3.52. The fraction of sp³-hybridized carbons (Fsp3) is 0.588. The van der Waals surface area contributed by atoms with Crippen LogP contribution in [0.3, 0.4) is 0 Å². The van der Waals surface area contributed by atoms with Crippen molar-refractivity contribution in [1.82, 2.24) is 19.7 Å². The molecule has 1 unspecified atom stereocenters. The molecule has 6 nitrogen and oxygen atoms in total. The normalized spacial score (nSPS) is 20.7. The van der Waals surface area contributed by atoms with E-state index in [-0.39, 0.29) is 11.8 Å². The van der Waals surface area contributed by atoms with Crippen LogP contribution in [0.15, 0.2) is 17.6 Å². The Labute approximate surface area is 145 Å². The number of aromatic nitrogens is 3. The Morgan fingerprint density at radius 2 is 2.29 bits per heavy atom. The first-order chi connectivity index (χ1) is 11.7. The first-order valence-corrected chi connectivity index (χ1v) is 9.35. The minimum Gasteiger partial charge on any atom is -0.375 e. The summed E-state index contributed by atoms with van der Waals surface area (Å²) < 4.78 is 7.90. The molecule has 3 heterocycles. The second kappa shape index (κ2) is 6.64. The zero-order valence-corrected chi connectivity index (χ0v) is 14.7. The van der Waals surface area contributed by atoms with Crippen molar-refractivity contribution in [3.05, 3.63) is 34.0 Å². The molecule has 1 aliphatic carbocycles. The Morgan fingerprint density at radius 3 is 3.04 bits per heavy atom. The molecule has 128 valence electrons. The molecule has 24 heavy (non-hydrogen) atoms. The van der Waals surface area contributed by atoms with Crippen LogP contribution in [0.4, 0.5) is 0 Å². The van der Waals surface area contributed by atoms with Gasteiger partial charge >= 0.3 is 0 Å². The second-order valence-corrected chi connectivity index (χ2v) is 7.80. The van der Waals surface area contributed by atoms with Gasteiger partial charge in [0, 0.05) is 36.5 Å². The van der Waals surface area contributed by atoms with Gasteiger partial charge in [-0.05, 0) is 25.8 Å². The van der Waals surface area contributed by atoms with Gasteiger partial charge in [-0.3, -0.25) is 9.48 Å². The molecule has 1 saturated carbocycles. The van der Waals surface area contributed by atoms with E-state index >= 15 is 0 Å². The van der Waals surface area contributed by atoms with E-state index < -0.39 is 0 Å². The number of ether oxygens (including phenoxy) is 1. The Hall–Kier alpha value is -1.73. The number of aryl methyl sites for hydroxylation is 1. The molecular weight excluding hydrogens is 324 g/mol. The van der Waals surface area contributed by atoms with Crippen molar-refractivity contribution in [1.29, 1.82) is 0 Å². The van der Waals surface area contributed by atoms with Gasteiger partial charge in [-0.1, -0.05) is 0 Å². The summed E-state index contributed by atoms with van der Waals surface area (Å²) in [7, 11) is 0. The summed E-state index contributed by atoms with van der Waals surface area (Å²) in [6.45, 7) is 5.35. The van der Waals surface area contributed by atoms with Crippen LogP contribution in [0, 0.1) is 18.8 Å². The summed E-state index contributed by atoms with van der Waals surface area (Å²) in [6, 6.07) is 2.01. The Bertz CT molecular complexity index is 722. The van der Waals surface area contributed by atoms with Crippen LogP contribution in [0.1, 0.15) is 29.2 Å². The maximum atomic E-state index is 12.5. The van der Waals surface area contributed by atoms with Crippen LogP contribution in [0.5, 0.6) is 0 Å². The number of hydrogen-bond acceptors (Lipinski definition) is 5. The van der Waals surface area contributed by atoms with Crippen LogP contribution in [-0.4, -0.2) is 38.7 Å². The molecule has 0 bridgehead atoms. The number of rotatable bonds is 5. The molecule has 0 saturated heterocycles. The molecule has 2 aliphatic rings. The predicted molar refractivity (Wildman–Crippen MR) is 90.4 cm³/mol. The quantitative estimate of drug-likeness (QED) is 0.833. The molecule has 0 aromatic carbocycles. The lowest BCUT2D eigenvalue weighted by atomic mass is 10.1. The van der Waals surface area contributed by atoms with E-state index in [0.717, 1.165) is 42.3 Å². The van der Waals surface area contributed by atoms with E-state index in [0.29, 0.717) is 25.7 Å². The average molecular weight is 346 g/mol. The van der Waals surface area contributed by atoms with E-state index in [1.165, 1.54) is 0 Å². The predicted octanol–water partition coefficient (Wildman–Crippen LogP) is 2.23. The van der Waals surface area contributed by atoms with Gasteiger partial charge in [-0.15, -0.1) is 11.3 Å². The van der Waals surface area contributed by atoms with Crippen LogP contribution < -0.4 is 0 Å². The van der Waals surface area contributed by atoms with Crippen molar-refractivity contribution in [2.45, 2.75) is 39.5 Å². The van der Waals surface area contributed by atoms with Crippen LogP contribution in [0.25, 0.3) is 0 Å².